The molecule has 0 saturated carbocycles. The van der Waals surface area contributed by atoms with Crippen molar-refractivity contribution in [1.82, 2.24) is 0 Å². The van der Waals surface area contributed by atoms with Crippen molar-refractivity contribution in [3.8, 4) is 17.2 Å². The summed E-state index contributed by atoms with van der Waals surface area (Å²) in [5.74, 6) is -2.67. The van der Waals surface area contributed by atoms with Gasteiger partial charge in [0.1, 0.15) is 22.1 Å². The molecule has 3 aromatic rings. The number of hydrogen-bond donors (Lipinski definition) is 4. The molecular formula is C23H22N2O7S. The first-order chi connectivity index (χ1) is 15.5. The van der Waals surface area contributed by atoms with Crippen LogP contribution in [0.25, 0.3) is 0 Å². The summed E-state index contributed by atoms with van der Waals surface area (Å²) >= 11 is 0. The van der Waals surface area contributed by atoms with Gasteiger partial charge in [-0.05, 0) is 67.8 Å². The van der Waals surface area contributed by atoms with Gasteiger partial charge >= 0.3 is 11.9 Å². The average Bonchev–Trinajstić information content (AvgIpc) is 2.73. The zero-order valence-corrected chi connectivity index (χ0v) is 18.9. The molecule has 0 heterocycles. The van der Waals surface area contributed by atoms with Crippen molar-refractivity contribution in [3.05, 3.63) is 71.3 Å². The van der Waals surface area contributed by atoms with Crippen LogP contribution in [0.1, 0.15) is 16.7 Å². The molecule has 4 N–H and O–H groups in total. The van der Waals surface area contributed by atoms with Gasteiger partial charge in [0.05, 0.1) is 5.69 Å². The molecule has 0 aliphatic heterocycles. The van der Waals surface area contributed by atoms with Gasteiger partial charge in [-0.3, -0.25) is 9.52 Å². The third kappa shape index (κ3) is 5.42. The molecule has 0 saturated heterocycles. The van der Waals surface area contributed by atoms with E-state index in [1.165, 1.54) is 30.3 Å². The monoisotopic (exact) mass is 470 g/mol. The Balaban J connectivity index is 1.90. The van der Waals surface area contributed by atoms with Crippen LogP contribution in [0.5, 0.6) is 17.2 Å². The molecule has 0 aliphatic carbocycles. The summed E-state index contributed by atoms with van der Waals surface area (Å²) < 4.78 is 34.1. The highest BCUT2D eigenvalue weighted by molar-refractivity contribution is 7.92. The molecule has 0 aliphatic rings. The maximum atomic E-state index is 12.9. The Kier molecular flexibility index (Phi) is 6.59. The number of benzene rings is 3. The number of aliphatic carboxylic acids is 1. The maximum absolute atomic E-state index is 12.9. The van der Waals surface area contributed by atoms with Crippen LogP contribution in [-0.2, 0) is 19.6 Å². The SMILES string of the molecule is Cc1ccccc1NS(=O)(=O)c1cc(Oc2c(C)cc(NC(=O)C(=O)O)cc2C)ccc1O. The number of carbonyl (C=O) groups excluding carboxylic acids is 1. The Labute approximate surface area is 190 Å². The quantitative estimate of drug-likeness (QED) is 0.400. The summed E-state index contributed by atoms with van der Waals surface area (Å²) in [6.07, 6.45) is 0. The van der Waals surface area contributed by atoms with E-state index < -0.39 is 27.6 Å². The molecule has 3 rings (SSSR count). The highest BCUT2D eigenvalue weighted by atomic mass is 32.2. The zero-order valence-electron chi connectivity index (χ0n) is 18.0. The molecule has 9 nitrogen and oxygen atoms in total. The van der Waals surface area contributed by atoms with Crippen LogP contribution in [0.3, 0.4) is 0 Å². The van der Waals surface area contributed by atoms with Crippen LogP contribution in [-0.4, -0.2) is 30.5 Å². The summed E-state index contributed by atoms with van der Waals surface area (Å²) in [5, 5.41) is 21.2. The minimum atomic E-state index is -4.11. The number of aromatic hydroxyl groups is 1. The van der Waals surface area contributed by atoms with Crippen molar-refractivity contribution in [2.45, 2.75) is 25.7 Å². The van der Waals surface area contributed by atoms with Crippen molar-refractivity contribution in [3.63, 3.8) is 0 Å². The number of phenols is 1. The number of carboxylic acid groups (broad SMARTS) is 1. The molecule has 33 heavy (non-hydrogen) atoms. The Morgan fingerprint density at radius 3 is 2.15 bits per heavy atom. The number of hydrogen-bond acceptors (Lipinski definition) is 6. The molecule has 0 fully saturated rings. The number of nitrogens with one attached hydrogen (secondary N) is 2. The number of rotatable bonds is 6. The average molecular weight is 471 g/mol. The first-order valence-electron chi connectivity index (χ1n) is 9.73. The smallest absolute Gasteiger partial charge is 0.394 e. The highest BCUT2D eigenvalue weighted by Gasteiger charge is 2.21. The van der Waals surface area contributed by atoms with E-state index in [2.05, 4.69) is 10.0 Å². The van der Waals surface area contributed by atoms with E-state index in [9.17, 15) is 23.1 Å². The van der Waals surface area contributed by atoms with E-state index in [-0.39, 0.29) is 16.3 Å². The highest BCUT2D eigenvalue weighted by Crippen LogP contribution is 2.35. The van der Waals surface area contributed by atoms with Crippen LogP contribution >= 0.6 is 0 Å². The van der Waals surface area contributed by atoms with Crippen LogP contribution in [0, 0.1) is 20.8 Å². The number of phenolic OH excluding ortho intramolecular Hbond substituents is 1. The topological polar surface area (TPSA) is 142 Å². The minimum Gasteiger partial charge on any atom is -0.507 e. The van der Waals surface area contributed by atoms with Crippen molar-refractivity contribution >= 4 is 33.3 Å². The van der Waals surface area contributed by atoms with Crippen molar-refractivity contribution in [2.24, 2.45) is 0 Å². The molecule has 172 valence electrons. The standard InChI is InChI=1S/C23H22N2O7S/c1-13-6-4-5-7-18(13)25-33(30,31)20-12-17(8-9-19(20)26)32-21-14(2)10-16(11-15(21)3)24-22(27)23(28)29/h4-12,25-26H,1-3H3,(H,24,27)(H,28,29). The lowest BCUT2D eigenvalue weighted by molar-refractivity contribution is -0.147. The summed E-state index contributed by atoms with van der Waals surface area (Å²) in [5.41, 5.74) is 2.53. The molecule has 0 atom stereocenters. The van der Waals surface area contributed by atoms with Gasteiger partial charge in [0.15, 0.2) is 0 Å². The first-order valence-corrected chi connectivity index (χ1v) is 11.2. The molecule has 10 heteroatoms. The fourth-order valence-corrected chi connectivity index (χ4v) is 4.39. The van der Waals surface area contributed by atoms with E-state index in [0.717, 1.165) is 0 Å². The number of carboxylic acids is 1. The molecule has 0 spiro atoms. The van der Waals surface area contributed by atoms with Crippen molar-refractivity contribution < 1.29 is 33.0 Å². The van der Waals surface area contributed by atoms with Gasteiger partial charge in [0, 0.05) is 11.8 Å². The maximum Gasteiger partial charge on any atom is 0.394 e. The fourth-order valence-electron chi connectivity index (χ4n) is 3.15. The normalized spacial score (nSPS) is 11.0. The van der Waals surface area contributed by atoms with Crippen LogP contribution in [0.2, 0.25) is 0 Å². The van der Waals surface area contributed by atoms with Crippen molar-refractivity contribution in [2.75, 3.05) is 10.0 Å². The van der Waals surface area contributed by atoms with Gasteiger partial charge in [-0.25, -0.2) is 13.2 Å². The number of carbonyl (C=O) groups is 2. The second-order valence-corrected chi connectivity index (χ2v) is 9.00. The lowest BCUT2D eigenvalue weighted by Gasteiger charge is -2.16. The lowest BCUT2D eigenvalue weighted by atomic mass is 10.1. The van der Waals surface area contributed by atoms with E-state index in [1.807, 2.05) is 0 Å². The molecular weight excluding hydrogens is 448 g/mol. The van der Waals surface area contributed by atoms with Gasteiger partial charge in [-0.2, -0.15) is 0 Å². The lowest BCUT2D eigenvalue weighted by Crippen LogP contribution is -2.21. The number of ether oxygens (including phenoxy) is 1. The van der Waals surface area contributed by atoms with E-state index in [0.29, 0.717) is 28.1 Å². The first kappa shape index (κ1) is 23.6. The molecule has 0 unspecified atom stereocenters. The van der Waals surface area contributed by atoms with Crippen molar-refractivity contribution in [1.29, 1.82) is 0 Å². The Morgan fingerprint density at radius 2 is 1.55 bits per heavy atom. The second-order valence-electron chi connectivity index (χ2n) is 7.35. The van der Waals surface area contributed by atoms with Gasteiger partial charge in [-0.1, -0.05) is 18.2 Å². The van der Waals surface area contributed by atoms with E-state index in [1.54, 1.807) is 45.0 Å². The molecule has 0 radical (unpaired) electrons. The van der Waals surface area contributed by atoms with Crippen LogP contribution < -0.4 is 14.8 Å². The van der Waals surface area contributed by atoms with Crippen LogP contribution in [0.4, 0.5) is 11.4 Å². The molecule has 0 bridgehead atoms. The number of para-hydroxylation sites is 1. The largest absolute Gasteiger partial charge is 0.507 e. The number of sulfonamides is 1. The summed E-state index contributed by atoms with van der Waals surface area (Å²) in [6, 6.07) is 13.7. The molecule has 1 amide bonds. The van der Waals surface area contributed by atoms with Crippen LogP contribution in [0.15, 0.2) is 59.5 Å². The predicted octanol–water partition coefficient (Wildman–Crippen LogP) is 3.93. The third-order valence-electron chi connectivity index (χ3n) is 4.74. The third-order valence-corrected chi connectivity index (χ3v) is 6.14. The molecule has 3 aromatic carbocycles. The van der Waals surface area contributed by atoms with Gasteiger partial charge < -0.3 is 20.3 Å². The van der Waals surface area contributed by atoms with Gasteiger partial charge in [0.25, 0.3) is 10.0 Å². The van der Waals surface area contributed by atoms with Gasteiger partial charge in [-0.15, -0.1) is 0 Å². The summed E-state index contributed by atoms with van der Waals surface area (Å²) in [7, 11) is -4.11. The Hall–Kier alpha value is -4.05. The van der Waals surface area contributed by atoms with E-state index in [4.69, 9.17) is 9.84 Å². The number of aryl methyl sites for hydroxylation is 3. The Bertz CT molecular complexity index is 1330. The fraction of sp³-hybridized carbons (Fsp3) is 0.130. The minimum absolute atomic E-state index is 0.159. The second kappa shape index (κ2) is 9.21. The zero-order chi connectivity index (χ0) is 24.3. The number of amides is 1. The summed E-state index contributed by atoms with van der Waals surface area (Å²) in [4.78, 5) is 21.8. The predicted molar refractivity (Wildman–Crippen MR) is 122 cm³/mol. The molecule has 0 aromatic heterocycles. The Morgan fingerprint density at radius 1 is 0.909 bits per heavy atom. The van der Waals surface area contributed by atoms with E-state index >= 15 is 0 Å². The van der Waals surface area contributed by atoms with Gasteiger partial charge in [0.2, 0.25) is 0 Å². The number of anilines is 2. The summed E-state index contributed by atoms with van der Waals surface area (Å²) in [6.45, 7) is 5.14.